The Balaban J connectivity index is 1.59. The molecule has 2 nitrogen and oxygen atoms in total. The summed E-state index contributed by atoms with van der Waals surface area (Å²) in [4.78, 5) is 12.1. The largest absolute Gasteiger partial charge is 0.381 e. The second-order valence-electron chi connectivity index (χ2n) is 8.98. The summed E-state index contributed by atoms with van der Waals surface area (Å²) in [7, 11) is 1.88. The second kappa shape index (κ2) is 5.72. The predicted molar refractivity (Wildman–Crippen MR) is 92.1 cm³/mol. The zero-order valence-corrected chi connectivity index (χ0v) is 15.0. The topological polar surface area (TPSA) is 26.3 Å². The van der Waals surface area contributed by atoms with Crippen LogP contribution >= 0.6 is 0 Å². The summed E-state index contributed by atoms with van der Waals surface area (Å²) in [6, 6.07) is 0. The van der Waals surface area contributed by atoms with Gasteiger partial charge in [-0.2, -0.15) is 0 Å². The average Bonchev–Trinajstić information content (AvgIpc) is 2.91. The van der Waals surface area contributed by atoms with Gasteiger partial charge in [-0.1, -0.05) is 18.6 Å². The molecule has 0 spiro atoms. The Hall–Kier alpha value is -0.630. The van der Waals surface area contributed by atoms with Gasteiger partial charge in [0.2, 0.25) is 0 Å². The van der Waals surface area contributed by atoms with Crippen LogP contribution in [0.15, 0.2) is 11.6 Å². The summed E-state index contributed by atoms with van der Waals surface area (Å²) in [5, 5.41) is 0. The normalized spacial score (nSPS) is 48.9. The third-order valence-corrected chi connectivity index (χ3v) is 8.14. The fourth-order valence-electron chi connectivity index (χ4n) is 6.99. The van der Waals surface area contributed by atoms with Crippen molar-refractivity contribution < 1.29 is 9.53 Å². The molecule has 23 heavy (non-hydrogen) atoms. The molecule has 0 heterocycles. The van der Waals surface area contributed by atoms with Crippen LogP contribution in [0.5, 0.6) is 0 Å². The van der Waals surface area contributed by atoms with Crippen LogP contribution in [-0.2, 0) is 9.53 Å². The summed E-state index contributed by atoms with van der Waals surface area (Å²) in [5.74, 6) is 3.95. The minimum atomic E-state index is 0.247. The zero-order chi connectivity index (χ0) is 16.2. The molecule has 0 aromatic carbocycles. The number of Topliss-reactive ketones (excluding diaryl/α,β-unsaturated/α-hetero) is 1. The Morgan fingerprint density at radius 1 is 1.13 bits per heavy atom. The van der Waals surface area contributed by atoms with Crippen molar-refractivity contribution in [1.82, 2.24) is 0 Å². The van der Waals surface area contributed by atoms with E-state index in [1.807, 2.05) is 14.0 Å². The highest BCUT2D eigenvalue weighted by Crippen LogP contribution is 2.62. The van der Waals surface area contributed by atoms with E-state index >= 15 is 0 Å². The highest BCUT2D eigenvalue weighted by Gasteiger charge is 2.55. The maximum atomic E-state index is 12.1. The van der Waals surface area contributed by atoms with Gasteiger partial charge in [0.05, 0.1) is 6.10 Å². The average molecular weight is 316 g/mol. The molecule has 3 saturated carbocycles. The lowest BCUT2D eigenvalue weighted by atomic mass is 9.53. The molecule has 3 fully saturated rings. The van der Waals surface area contributed by atoms with Gasteiger partial charge in [-0.3, -0.25) is 4.79 Å². The van der Waals surface area contributed by atoms with Gasteiger partial charge in [-0.25, -0.2) is 0 Å². The smallest absolute Gasteiger partial charge is 0.133 e. The van der Waals surface area contributed by atoms with E-state index in [0.29, 0.717) is 17.8 Å². The number of hydrogen-bond donors (Lipinski definition) is 0. The molecule has 4 aliphatic carbocycles. The quantitative estimate of drug-likeness (QED) is 0.685. The van der Waals surface area contributed by atoms with Crippen molar-refractivity contribution in [2.75, 3.05) is 7.11 Å². The van der Waals surface area contributed by atoms with Crippen molar-refractivity contribution in [3.63, 3.8) is 0 Å². The number of fused-ring (bicyclic) bond motifs is 5. The van der Waals surface area contributed by atoms with E-state index in [9.17, 15) is 4.79 Å². The lowest BCUT2D eigenvalue weighted by molar-refractivity contribution is -0.124. The highest BCUT2D eigenvalue weighted by atomic mass is 16.5. The van der Waals surface area contributed by atoms with Crippen LogP contribution < -0.4 is 0 Å². The Bertz CT molecular complexity index is 522. The fourth-order valence-corrected chi connectivity index (χ4v) is 6.99. The lowest BCUT2D eigenvalue weighted by Crippen LogP contribution is -2.44. The van der Waals surface area contributed by atoms with Crippen molar-refractivity contribution in [1.29, 1.82) is 0 Å². The summed E-state index contributed by atoms with van der Waals surface area (Å²) >= 11 is 0. The number of allylic oxidation sites excluding steroid dienone is 2. The van der Waals surface area contributed by atoms with Gasteiger partial charge in [0.1, 0.15) is 5.78 Å². The molecule has 0 aliphatic heterocycles. The monoisotopic (exact) mass is 316 g/mol. The first-order valence-electron chi connectivity index (χ1n) is 9.77. The first kappa shape index (κ1) is 15.9. The maximum absolute atomic E-state index is 12.1. The summed E-state index contributed by atoms with van der Waals surface area (Å²) in [5.41, 5.74) is 2.04. The number of carbonyl (C=O) groups excluding carboxylic acids is 1. The minimum Gasteiger partial charge on any atom is -0.381 e. The fraction of sp³-hybridized carbons (Fsp3) is 0.857. The van der Waals surface area contributed by atoms with E-state index in [-0.39, 0.29) is 5.41 Å². The highest BCUT2D eigenvalue weighted by molar-refractivity contribution is 5.79. The summed E-state index contributed by atoms with van der Waals surface area (Å²) < 4.78 is 5.65. The van der Waals surface area contributed by atoms with Crippen molar-refractivity contribution >= 4 is 5.78 Å². The number of carbonyl (C=O) groups is 1. The van der Waals surface area contributed by atoms with Crippen LogP contribution in [0.3, 0.4) is 0 Å². The first-order chi connectivity index (χ1) is 11.0. The molecule has 4 aliphatic rings. The van der Waals surface area contributed by atoms with Crippen LogP contribution in [-0.4, -0.2) is 19.0 Å². The van der Waals surface area contributed by atoms with Gasteiger partial charge < -0.3 is 4.74 Å². The van der Waals surface area contributed by atoms with Gasteiger partial charge >= 0.3 is 0 Å². The Labute approximate surface area is 141 Å². The van der Waals surface area contributed by atoms with Crippen LogP contribution in [0.1, 0.15) is 65.2 Å². The van der Waals surface area contributed by atoms with Gasteiger partial charge in [0.15, 0.2) is 0 Å². The van der Waals surface area contributed by atoms with Gasteiger partial charge in [0.25, 0.3) is 0 Å². The second-order valence-corrected chi connectivity index (χ2v) is 8.98. The van der Waals surface area contributed by atoms with Crippen LogP contribution in [0, 0.1) is 35.0 Å². The number of methoxy groups -OCH3 is 1. The molecule has 0 amide bonds. The van der Waals surface area contributed by atoms with E-state index in [4.69, 9.17) is 4.74 Å². The molecule has 0 N–H and O–H groups in total. The lowest BCUT2D eigenvalue weighted by Gasteiger charge is -2.51. The molecule has 0 aromatic rings. The third-order valence-electron chi connectivity index (χ3n) is 8.14. The van der Waals surface area contributed by atoms with Crippen LogP contribution in [0.2, 0.25) is 0 Å². The molecule has 7 atom stereocenters. The maximum Gasteiger partial charge on any atom is 0.133 e. The van der Waals surface area contributed by atoms with Crippen molar-refractivity contribution in [2.24, 2.45) is 35.0 Å². The zero-order valence-electron chi connectivity index (χ0n) is 15.0. The molecule has 0 saturated heterocycles. The molecular formula is C21H32O2. The minimum absolute atomic E-state index is 0.247. The first-order valence-corrected chi connectivity index (χ1v) is 9.77. The van der Waals surface area contributed by atoms with Crippen molar-refractivity contribution in [3.05, 3.63) is 11.6 Å². The molecular weight excluding hydrogens is 284 g/mol. The van der Waals surface area contributed by atoms with E-state index in [0.717, 1.165) is 36.5 Å². The Kier molecular flexibility index (Phi) is 3.95. The number of rotatable bonds is 2. The van der Waals surface area contributed by atoms with Crippen LogP contribution in [0.4, 0.5) is 0 Å². The standard InChI is InChI=1S/C21H32O2/c1-13(22)19-8-9-20-18-6-4-14-12-15(23-3)5-7-16(14)17(18)10-11-21(19,20)2/h10,14-16,18-20H,4-9,11-12H2,1-3H3/t14?,15?,16-,18+,19+,20-,21+/m0/s1. The van der Waals surface area contributed by atoms with Crippen molar-refractivity contribution in [3.8, 4) is 0 Å². The molecule has 0 bridgehead atoms. The van der Waals surface area contributed by atoms with Gasteiger partial charge in [-0.15, -0.1) is 0 Å². The van der Waals surface area contributed by atoms with E-state index in [2.05, 4.69) is 13.0 Å². The molecule has 2 unspecified atom stereocenters. The van der Waals surface area contributed by atoms with Gasteiger partial charge in [0, 0.05) is 13.0 Å². The number of hydrogen-bond acceptors (Lipinski definition) is 2. The Morgan fingerprint density at radius 2 is 1.91 bits per heavy atom. The molecule has 0 radical (unpaired) electrons. The van der Waals surface area contributed by atoms with Crippen molar-refractivity contribution in [2.45, 2.75) is 71.3 Å². The van der Waals surface area contributed by atoms with E-state index in [1.54, 1.807) is 5.57 Å². The molecule has 128 valence electrons. The Morgan fingerprint density at radius 3 is 2.65 bits per heavy atom. The van der Waals surface area contributed by atoms with E-state index in [1.165, 1.54) is 38.5 Å². The predicted octanol–water partition coefficient (Wildman–Crippen LogP) is 4.78. The number of ether oxygens (including phenoxy) is 1. The number of ketones is 1. The summed E-state index contributed by atoms with van der Waals surface area (Å²) in [6.45, 7) is 4.23. The molecule has 4 rings (SSSR count). The third kappa shape index (κ3) is 2.35. The van der Waals surface area contributed by atoms with Gasteiger partial charge in [-0.05, 0) is 87.4 Å². The molecule has 2 heteroatoms. The van der Waals surface area contributed by atoms with E-state index < -0.39 is 0 Å². The van der Waals surface area contributed by atoms with Crippen LogP contribution in [0.25, 0.3) is 0 Å². The SMILES string of the molecule is COC1CC[C@@H]2C3=CC[C@]4(C)[C@@H](C(C)=O)CC[C@H]4[C@@H]3CCC2C1. The summed E-state index contributed by atoms with van der Waals surface area (Å²) in [6.07, 6.45) is 13.2. The molecule has 0 aromatic heterocycles.